The quantitative estimate of drug-likeness (QED) is 0.639. The van der Waals surface area contributed by atoms with Crippen LogP contribution in [0.4, 0.5) is 0 Å². The van der Waals surface area contributed by atoms with Crippen LogP contribution in [0.25, 0.3) is 0 Å². The van der Waals surface area contributed by atoms with Crippen LogP contribution in [0.3, 0.4) is 0 Å². The Balaban J connectivity index is 2.36. The van der Waals surface area contributed by atoms with Crippen LogP contribution < -0.4 is 11.1 Å². The summed E-state index contributed by atoms with van der Waals surface area (Å²) in [7, 11) is 0. The average molecular weight is 256 g/mol. The molecule has 6 heteroatoms. The highest BCUT2D eigenvalue weighted by atomic mass is 16.2. The lowest BCUT2D eigenvalue weighted by Gasteiger charge is -2.37. The van der Waals surface area contributed by atoms with Gasteiger partial charge in [0.15, 0.2) is 0 Å². The molecule has 0 spiro atoms. The highest BCUT2D eigenvalue weighted by Crippen LogP contribution is 2.08. The first-order valence-electron chi connectivity index (χ1n) is 6.60. The molecular weight excluding hydrogens is 232 g/mol. The predicted octanol–water partition coefficient (Wildman–Crippen LogP) is -0.996. The monoisotopic (exact) mass is 256 g/mol. The number of hydrogen-bond acceptors (Lipinski definition) is 4. The first kappa shape index (κ1) is 14.9. The van der Waals surface area contributed by atoms with Crippen molar-refractivity contribution in [2.75, 3.05) is 39.3 Å². The lowest BCUT2D eigenvalue weighted by Crippen LogP contribution is -2.55. The maximum absolute atomic E-state index is 11.5. The van der Waals surface area contributed by atoms with E-state index in [4.69, 9.17) is 5.73 Å². The first-order chi connectivity index (χ1) is 8.58. The number of rotatable bonds is 6. The van der Waals surface area contributed by atoms with Gasteiger partial charge >= 0.3 is 0 Å². The van der Waals surface area contributed by atoms with E-state index in [-0.39, 0.29) is 17.9 Å². The van der Waals surface area contributed by atoms with Crippen molar-refractivity contribution in [3.63, 3.8) is 0 Å². The van der Waals surface area contributed by atoms with E-state index in [1.165, 1.54) is 0 Å². The Bertz CT molecular complexity index is 288. The minimum atomic E-state index is -0.255. The second-order valence-electron chi connectivity index (χ2n) is 4.59. The topological polar surface area (TPSA) is 78.7 Å². The van der Waals surface area contributed by atoms with Crippen molar-refractivity contribution in [2.45, 2.75) is 26.3 Å². The maximum Gasteiger partial charge on any atom is 0.234 e. The van der Waals surface area contributed by atoms with E-state index in [0.29, 0.717) is 13.1 Å². The number of nitrogens with zero attached hydrogens (tertiary/aromatic N) is 2. The van der Waals surface area contributed by atoms with E-state index >= 15 is 0 Å². The Labute approximate surface area is 108 Å². The number of nitrogens with two attached hydrogens (primary N) is 1. The van der Waals surface area contributed by atoms with Gasteiger partial charge in [-0.3, -0.25) is 19.4 Å². The molecule has 1 fully saturated rings. The molecule has 0 bridgehead atoms. The van der Waals surface area contributed by atoms with Gasteiger partial charge in [-0.05, 0) is 13.3 Å². The van der Waals surface area contributed by atoms with Crippen LogP contribution in [-0.2, 0) is 9.59 Å². The predicted molar refractivity (Wildman–Crippen MR) is 70.0 cm³/mol. The zero-order valence-corrected chi connectivity index (χ0v) is 11.3. The third kappa shape index (κ3) is 4.27. The Kier molecular flexibility index (Phi) is 6.07. The van der Waals surface area contributed by atoms with Crippen LogP contribution in [0.1, 0.15) is 20.3 Å². The summed E-state index contributed by atoms with van der Waals surface area (Å²) >= 11 is 0. The lowest BCUT2D eigenvalue weighted by atomic mass is 10.1. The zero-order valence-electron chi connectivity index (χ0n) is 11.3. The molecule has 104 valence electrons. The Morgan fingerprint density at radius 1 is 1.22 bits per heavy atom. The molecule has 1 aliphatic heterocycles. The fourth-order valence-electron chi connectivity index (χ4n) is 2.33. The van der Waals surface area contributed by atoms with Gasteiger partial charge in [-0.1, -0.05) is 6.92 Å². The molecule has 18 heavy (non-hydrogen) atoms. The van der Waals surface area contributed by atoms with Crippen LogP contribution in [0.5, 0.6) is 0 Å². The van der Waals surface area contributed by atoms with Crippen LogP contribution in [0, 0.1) is 0 Å². The lowest BCUT2D eigenvalue weighted by molar-refractivity contribution is -0.126. The second-order valence-corrected chi connectivity index (χ2v) is 4.59. The molecule has 3 N–H and O–H groups in total. The highest BCUT2D eigenvalue weighted by Gasteiger charge is 2.26. The standard InChI is InChI=1S/C12H24N4O2/c1-3-10(12(13)18)16-7-5-15(6-8-16)9-11(17)14-4-2/h10H,3-9H2,1-2H3,(H2,13,18)(H,14,17)/t10-/m0/s1. The van der Waals surface area contributed by atoms with Gasteiger partial charge in [-0.25, -0.2) is 0 Å². The van der Waals surface area contributed by atoms with Crippen molar-refractivity contribution in [3.05, 3.63) is 0 Å². The average Bonchev–Trinajstić information content (AvgIpc) is 2.32. The molecule has 0 saturated carbocycles. The number of likely N-dealkylation sites (N-methyl/N-ethyl adjacent to an activating group) is 1. The van der Waals surface area contributed by atoms with Gasteiger partial charge in [-0.15, -0.1) is 0 Å². The van der Waals surface area contributed by atoms with Crippen molar-refractivity contribution < 1.29 is 9.59 Å². The number of amides is 2. The number of hydrogen-bond donors (Lipinski definition) is 2. The summed E-state index contributed by atoms with van der Waals surface area (Å²) in [4.78, 5) is 26.9. The molecule has 6 nitrogen and oxygen atoms in total. The van der Waals surface area contributed by atoms with Gasteiger partial charge < -0.3 is 11.1 Å². The Morgan fingerprint density at radius 3 is 2.28 bits per heavy atom. The number of carbonyl (C=O) groups excluding carboxylic acids is 2. The summed E-state index contributed by atoms with van der Waals surface area (Å²) in [5, 5.41) is 2.79. The minimum Gasteiger partial charge on any atom is -0.368 e. The van der Waals surface area contributed by atoms with E-state index in [1.807, 2.05) is 13.8 Å². The normalized spacial score (nSPS) is 19.4. The Hall–Kier alpha value is -1.14. The summed E-state index contributed by atoms with van der Waals surface area (Å²) < 4.78 is 0. The van der Waals surface area contributed by atoms with Crippen LogP contribution in [0.15, 0.2) is 0 Å². The Morgan fingerprint density at radius 2 is 1.83 bits per heavy atom. The van der Waals surface area contributed by atoms with E-state index < -0.39 is 0 Å². The number of carbonyl (C=O) groups is 2. The number of piperazine rings is 1. The third-order valence-electron chi connectivity index (χ3n) is 3.30. The first-order valence-corrected chi connectivity index (χ1v) is 6.60. The molecule has 1 aliphatic rings. The van der Waals surface area contributed by atoms with Crippen LogP contribution >= 0.6 is 0 Å². The fraction of sp³-hybridized carbons (Fsp3) is 0.833. The van der Waals surface area contributed by atoms with E-state index in [0.717, 1.165) is 32.6 Å². The summed E-state index contributed by atoms with van der Waals surface area (Å²) in [6.07, 6.45) is 0.742. The zero-order chi connectivity index (χ0) is 13.5. The van der Waals surface area contributed by atoms with E-state index in [2.05, 4.69) is 15.1 Å². The van der Waals surface area contributed by atoms with Crippen molar-refractivity contribution >= 4 is 11.8 Å². The molecule has 1 atom stereocenters. The van der Waals surface area contributed by atoms with Gasteiger partial charge in [0.1, 0.15) is 0 Å². The third-order valence-corrected chi connectivity index (χ3v) is 3.30. The molecule has 0 aromatic rings. The summed E-state index contributed by atoms with van der Waals surface area (Å²) in [6.45, 7) is 8.18. The van der Waals surface area contributed by atoms with Gasteiger partial charge in [0.05, 0.1) is 12.6 Å². The van der Waals surface area contributed by atoms with Crippen LogP contribution in [-0.4, -0.2) is 66.9 Å². The van der Waals surface area contributed by atoms with Gasteiger partial charge in [0, 0.05) is 32.7 Å². The number of primary amides is 1. The van der Waals surface area contributed by atoms with Crippen molar-refractivity contribution in [1.29, 1.82) is 0 Å². The molecule has 0 radical (unpaired) electrons. The molecule has 1 heterocycles. The van der Waals surface area contributed by atoms with Crippen LogP contribution in [0.2, 0.25) is 0 Å². The van der Waals surface area contributed by atoms with Gasteiger partial charge in [0.25, 0.3) is 0 Å². The molecule has 0 aromatic heterocycles. The minimum absolute atomic E-state index is 0.0629. The summed E-state index contributed by atoms with van der Waals surface area (Å²) in [5.74, 6) is -0.192. The molecule has 0 unspecified atom stereocenters. The smallest absolute Gasteiger partial charge is 0.234 e. The second kappa shape index (κ2) is 7.33. The van der Waals surface area contributed by atoms with Gasteiger partial charge in [0.2, 0.25) is 11.8 Å². The molecular formula is C12H24N4O2. The van der Waals surface area contributed by atoms with Crippen molar-refractivity contribution in [3.8, 4) is 0 Å². The fourth-order valence-corrected chi connectivity index (χ4v) is 2.33. The summed E-state index contributed by atoms with van der Waals surface area (Å²) in [6, 6.07) is -0.170. The SMILES string of the molecule is CCNC(=O)CN1CCN([C@@H](CC)C(N)=O)CC1. The largest absolute Gasteiger partial charge is 0.368 e. The maximum atomic E-state index is 11.5. The van der Waals surface area contributed by atoms with Gasteiger partial charge in [-0.2, -0.15) is 0 Å². The van der Waals surface area contributed by atoms with E-state index in [1.54, 1.807) is 0 Å². The van der Waals surface area contributed by atoms with E-state index in [9.17, 15) is 9.59 Å². The highest BCUT2D eigenvalue weighted by molar-refractivity contribution is 5.79. The molecule has 2 amide bonds. The molecule has 1 saturated heterocycles. The molecule has 0 aliphatic carbocycles. The molecule has 0 aromatic carbocycles. The van der Waals surface area contributed by atoms with Crippen molar-refractivity contribution in [2.24, 2.45) is 5.73 Å². The molecule has 1 rings (SSSR count). The van der Waals surface area contributed by atoms with Crippen molar-refractivity contribution in [1.82, 2.24) is 15.1 Å². The summed E-state index contributed by atoms with van der Waals surface area (Å²) in [5.41, 5.74) is 5.37. The number of nitrogens with one attached hydrogen (secondary N) is 1.